The molecule has 2 aliphatic rings. The summed E-state index contributed by atoms with van der Waals surface area (Å²) >= 11 is 3.24. The molecule has 3 atom stereocenters. The number of amides is 3. The number of rotatable bonds is 12. The Morgan fingerprint density at radius 3 is 2.42 bits per heavy atom. The van der Waals surface area contributed by atoms with Gasteiger partial charge in [0.05, 0.1) is 16.8 Å². The third-order valence-electron chi connectivity index (χ3n) is 7.05. The van der Waals surface area contributed by atoms with Gasteiger partial charge in [0.15, 0.2) is 0 Å². The van der Waals surface area contributed by atoms with Gasteiger partial charge in [-0.05, 0) is 42.9 Å². The van der Waals surface area contributed by atoms with Crippen molar-refractivity contribution >= 4 is 46.9 Å². The van der Waals surface area contributed by atoms with Crippen LogP contribution in [0.2, 0.25) is 0 Å². The summed E-state index contributed by atoms with van der Waals surface area (Å²) in [5.74, 6) is 2.60. The van der Waals surface area contributed by atoms with Crippen molar-refractivity contribution in [2.45, 2.75) is 77.4 Å². The van der Waals surface area contributed by atoms with Gasteiger partial charge >= 0.3 is 0 Å². The van der Waals surface area contributed by atoms with E-state index in [9.17, 15) is 24.5 Å². The fraction of sp³-hybridized carbons (Fsp3) is 0.667. The Hall–Kier alpha value is -2.27. The Bertz CT molecular complexity index is 969. The Morgan fingerprint density at radius 2 is 1.79 bits per heavy atom. The molecule has 11 heteroatoms. The summed E-state index contributed by atoms with van der Waals surface area (Å²) in [4.78, 5) is 51.5. The topological polar surface area (TPSA) is 122 Å². The Balaban J connectivity index is 1.65. The lowest BCUT2D eigenvalue weighted by atomic mass is 9.91. The first kappa shape index (κ1) is 30.3. The monoisotopic (exact) mass is 564 g/mol. The van der Waals surface area contributed by atoms with E-state index in [1.165, 1.54) is 44.2 Å². The molecular formula is C27H40N4O5S2. The normalized spacial score (nSPS) is 19.7. The molecule has 1 saturated heterocycles. The van der Waals surface area contributed by atoms with Gasteiger partial charge in [-0.3, -0.25) is 24.5 Å². The molecule has 3 amide bonds. The molecule has 38 heavy (non-hydrogen) atoms. The second-order valence-electron chi connectivity index (χ2n) is 10.7. The number of nitro benzene ring substituents is 1. The quantitative estimate of drug-likeness (QED) is 0.283. The van der Waals surface area contributed by atoms with Crippen molar-refractivity contribution in [2.24, 2.45) is 11.8 Å². The number of nitrogens with one attached hydrogen (secondary N) is 2. The van der Waals surface area contributed by atoms with E-state index in [0.29, 0.717) is 29.7 Å². The highest BCUT2D eigenvalue weighted by atomic mass is 32.2. The van der Waals surface area contributed by atoms with Gasteiger partial charge in [-0.25, -0.2) is 0 Å². The summed E-state index contributed by atoms with van der Waals surface area (Å²) < 4.78 is 0. The summed E-state index contributed by atoms with van der Waals surface area (Å²) in [5.41, 5.74) is 0.726. The van der Waals surface area contributed by atoms with Gasteiger partial charge in [-0.1, -0.05) is 45.2 Å². The van der Waals surface area contributed by atoms with Crippen LogP contribution in [0.5, 0.6) is 0 Å². The maximum atomic E-state index is 13.4. The Labute approximate surface area is 233 Å². The van der Waals surface area contributed by atoms with Gasteiger partial charge in [0.25, 0.3) is 5.69 Å². The second kappa shape index (κ2) is 14.8. The van der Waals surface area contributed by atoms with Crippen molar-refractivity contribution in [3.8, 4) is 0 Å². The molecule has 0 unspecified atom stereocenters. The predicted octanol–water partition coefficient (Wildman–Crippen LogP) is 4.52. The number of nitrogens with zero attached hydrogens (tertiary/aromatic N) is 2. The summed E-state index contributed by atoms with van der Waals surface area (Å²) in [6.45, 7) is 5.77. The predicted molar refractivity (Wildman–Crippen MR) is 153 cm³/mol. The van der Waals surface area contributed by atoms with Crippen molar-refractivity contribution in [2.75, 3.05) is 23.1 Å². The number of nitro groups is 1. The van der Waals surface area contributed by atoms with Crippen LogP contribution in [0.1, 0.15) is 70.9 Å². The van der Waals surface area contributed by atoms with E-state index >= 15 is 0 Å². The third-order valence-corrected chi connectivity index (χ3v) is 9.33. The molecule has 0 radical (unpaired) electrons. The maximum absolute atomic E-state index is 13.4. The van der Waals surface area contributed by atoms with Gasteiger partial charge in [0.2, 0.25) is 17.7 Å². The van der Waals surface area contributed by atoms with Crippen molar-refractivity contribution in [1.82, 2.24) is 15.5 Å². The van der Waals surface area contributed by atoms with E-state index in [0.717, 1.165) is 11.3 Å². The zero-order chi connectivity index (χ0) is 27.7. The molecule has 1 aromatic rings. The average Bonchev–Trinajstić information content (AvgIpc) is 3.39. The van der Waals surface area contributed by atoms with Crippen molar-refractivity contribution in [3.63, 3.8) is 0 Å². The van der Waals surface area contributed by atoms with Crippen LogP contribution < -0.4 is 10.6 Å². The minimum atomic E-state index is -0.746. The molecule has 1 saturated carbocycles. The SMILES string of the molecule is CC(C)CC(=O)N1CSC[C@H]1C(=O)N[C@@H](CSCC1CCCCC1)C(=O)N[C@H](C)c1ccc([N+](=O)[O-])cc1. The van der Waals surface area contributed by atoms with E-state index in [1.54, 1.807) is 40.6 Å². The maximum Gasteiger partial charge on any atom is 0.269 e. The largest absolute Gasteiger partial charge is 0.348 e. The van der Waals surface area contributed by atoms with Gasteiger partial charge in [-0.2, -0.15) is 11.8 Å². The van der Waals surface area contributed by atoms with Crippen LogP contribution in [0, 0.1) is 22.0 Å². The number of non-ortho nitro benzene ring substituents is 1. The molecule has 1 heterocycles. The third kappa shape index (κ3) is 8.90. The minimum absolute atomic E-state index is 0.0115. The molecule has 0 aromatic heterocycles. The van der Waals surface area contributed by atoms with Crippen molar-refractivity contribution in [1.29, 1.82) is 0 Å². The van der Waals surface area contributed by atoms with E-state index in [1.807, 2.05) is 20.8 Å². The van der Waals surface area contributed by atoms with Crippen LogP contribution >= 0.6 is 23.5 Å². The van der Waals surface area contributed by atoms with Crippen LogP contribution in [-0.2, 0) is 14.4 Å². The summed E-state index contributed by atoms with van der Waals surface area (Å²) in [6.07, 6.45) is 6.59. The first-order valence-electron chi connectivity index (χ1n) is 13.5. The van der Waals surface area contributed by atoms with Crippen LogP contribution in [0.25, 0.3) is 0 Å². The average molecular weight is 565 g/mol. The smallest absolute Gasteiger partial charge is 0.269 e. The highest BCUT2D eigenvalue weighted by Crippen LogP contribution is 2.27. The molecule has 9 nitrogen and oxygen atoms in total. The summed E-state index contributed by atoms with van der Waals surface area (Å²) in [6, 6.07) is 4.36. The number of hydrogen-bond acceptors (Lipinski definition) is 7. The Kier molecular flexibility index (Phi) is 11.8. The van der Waals surface area contributed by atoms with Crippen LogP contribution in [-0.4, -0.2) is 62.8 Å². The molecule has 0 bridgehead atoms. The highest BCUT2D eigenvalue weighted by Gasteiger charge is 2.36. The fourth-order valence-corrected chi connectivity index (χ4v) is 7.27. The van der Waals surface area contributed by atoms with Gasteiger partial charge in [0, 0.05) is 30.1 Å². The molecule has 2 N–H and O–H groups in total. The van der Waals surface area contributed by atoms with Crippen LogP contribution in [0.4, 0.5) is 5.69 Å². The van der Waals surface area contributed by atoms with E-state index in [4.69, 9.17) is 0 Å². The van der Waals surface area contributed by atoms with Crippen molar-refractivity contribution in [3.05, 3.63) is 39.9 Å². The Morgan fingerprint density at radius 1 is 1.11 bits per heavy atom. The van der Waals surface area contributed by atoms with Gasteiger partial charge in [0.1, 0.15) is 12.1 Å². The van der Waals surface area contributed by atoms with Crippen molar-refractivity contribution < 1.29 is 19.3 Å². The fourth-order valence-electron chi connectivity index (χ4n) is 4.81. The highest BCUT2D eigenvalue weighted by molar-refractivity contribution is 7.99. The number of thioether (sulfide) groups is 2. The minimum Gasteiger partial charge on any atom is -0.348 e. The molecule has 0 spiro atoms. The van der Waals surface area contributed by atoms with Crippen LogP contribution in [0.3, 0.4) is 0 Å². The first-order chi connectivity index (χ1) is 18.2. The first-order valence-corrected chi connectivity index (χ1v) is 15.8. The van der Waals surface area contributed by atoms with E-state index in [2.05, 4.69) is 10.6 Å². The number of benzene rings is 1. The molecular weight excluding hydrogens is 524 g/mol. The molecule has 1 aromatic carbocycles. The lowest BCUT2D eigenvalue weighted by Gasteiger charge is -2.27. The van der Waals surface area contributed by atoms with Gasteiger partial charge < -0.3 is 15.5 Å². The number of hydrogen-bond donors (Lipinski definition) is 2. The standard InChI is InChI=1S/C27H40N4O5S2/c1-18(2)13-25(32)30-17-38-16-24(30)27(34)29-23(15-37-14-20-7-5-4-6-8-20)26(33)28-19(3)21-9-11-22(12-10-21)31(35)36/h9-12,18-20,23-24H,4-8,13-17H2,1-3H3,(H,28,33)(H,29,34)/t19-,23+,24+/m1/s1. The molecule has 3 rings (SSSR count). The van der Waals surface area contributed by atoms with Gasteiger partial charge in [-0.15, -0.1) is 11.8 Å². The second-order valence-corrected chi connectivity index (χ2v) is 12.7. The molecule has 1 aliphatic heterocycles. The lowest BCUT2D eigenvalue weighted by molar-refractivity contribution is -0.384. The molecule has 210 valence electrons. The van der Waals surface area contributed by atoms with E-state index < -0.39 is 23.0 Å². The number of carbonyl (C=O) groups excluding carboxylic acids is 3. The summed E-state index contributed by atoms with van der Waals surface area (Å²) in [7, 11) is 0. The van der Waals surface area contributed by atoms with Crippen LogP contribution in [0.15, 0.2) is 24.3 Å². The molecule has 1 aliphatic carbocycles. The lowest BCUT2D eigenvalue weighted by Crippen LogP contribution is -2.55. The summed E-state index contributed by atoms with van der Waals surface area (Å²) in [5, 5.41) is 16.9. The van der Waals surface area contributed by atoms with E-state index in [-0.39, 0.29) is 29.3 Å². The zero-order valence-electron chi connectivity index (χ0n) is 22.5. The number of carbonyl (C=O) groups is 3. The zero-order valence-corrected chi connectivity index (χ0v) is 24.2. The molecule has 2 fully saturated rings.